The fraction of sp³-hybridized carbons (Fsp3) is 0. The molecule has 0 saturated heterocycles. The minimum atomic E-state index is 0.0831. The van der Waals surface area contributed by atoms with E-state index >= 15 is 0 Å². The minimum Gasteiger partial charge on any atom is -0.132 e. The molecule has 1 rings (SSSR count). The van der Waals surface area contributed by atoms with Crippen molar-refractivity contribution in [3.8, 4) is 0 Å². The molecule has 0 atom stereocenters. The van der Waals surface area contributed by atoms with Crippen LogP contribution in [-0.2, 0) is 0 Å². The van der Waals surface area contributed by atoms with Gasteiger partial charge in [-0.05, 0) is 17.6 Å². The topological polar surface area (TPSA) is 0 Å². The second-order valence-electron chi connectivity index (χ2n) is 1.97. The Kier molecular flexibility index (Phi) is 3.76. The van der Waals surface area contributed by atoms with E-state index in [1.165, 1.54) is 0 Å². The number of hydrogen-bond acceptors (Lipinski definition) is 0. The van der Waals surface area contributed by atoms with Gasteiger partial charge in [0, 0.05) is 10.0 Å². The van der Waals surface area contributed by atoms with Crippen molar-refractivity contribution >= 4 is 64.5 Å². The third-order valence-corrected chi connectivity index (χ3v) is 2.75. The van der Waals surface area contributed by atoms with Crippen LogP contribution in [0.15, 0.2) is 18.2 Å². The highest BCUT2D eigenvalue weighted by Gasteiger charge is 2.11. The van der Waals surface area contributed by atoms with E-state index in [4.69, 9.17) is 23.2 Å². The standard InChI is InChI=1S/C6H3BBr2Cl2/c8-7(9)5-2-1-4(10)3-6(5)11/h1-3H. The Labute approximate surface area is 92.3 Å². The Morgan fingerprint density at radius 1 is 1.18 bits per heavy atom. The summed E-state index contributed by atoms with van der Waals surface area (Å²) in [6, 6.07) is 5.39. The van der Waals surface area contributed by atoms with Crippen LogP contribution in [0.25, 0.3) is 0 Å². The molecule has 0 saturated carbocycles. The van der Waals surface area contributed by atoms with E-state index in [-0.39, 0.29) is 4.36 Å². The maximum absolute atomic E-state index is 5.88. The fourth-order valence-electron chi connectivity index (χ4n) is 0.678. The predicted molar refractivity (Wildman–Crippen MR) is 59.7 cm³/mol. The van der Waals surface area contributed by atoms with Crippen LogP contribution in [0.2, 0.25) is 10.0 Å². The monoisotopic (exact) mass is 314 g/mol. The third kappa shape index (κ3) is 2.65. The molecule has 0 nitrogen and oxygen atoms in total. The lowest BCUT2D eigenvalue weighted by atomic mass is 9.95. The zero-order valence-corrected chi connectivity index (χ0v) is 10.0. The molecule has 1 aromatic rings. The summed E-state index contributed by atoms with van der Waals surface area (Å²) < 4.78 is 0.0831. The van der Waals surface area contributed by atoms with Crippen molar-refractivity contribution in [1.82, 2.24) is 0 Å². The van der Waals surface area contributed by atoms with Crippen LogP contribution in [0.4, 0.5) is 0 Å². The Bertz CT molecular complexity index is 265. The van der Waals surface area contributed by atoms with Crippen molar-refractivity contribution in [2.45, 2.75) is 0 Å². The summed E-state index contributed by atoms with van der Waals surface area (Å²) in [6.07, 6.45) is 0. The van der Waals surface area contributed by atoms with Crippen LogP contribution < -0.4 is 5.46 Å². The summed E-state index contributed by atoms with van der Waals surface area (Å²) >= 11 is 18.3. The number of halogens is 4. The van der Waals surface area contributed by atoms with Crippen LogP contribution in [0, 0.1) is 0 Å². The molecule has 0 fully saturated rings. The molecule has 0 aliphatic heterocycles. The Balaban J connectivity index is 3.09. The molecule has 0 aliphatic carbocycles. The lowest BCUT2D eigenvalue weighted by molar-refractivity contribution is 1.76. The molecule has 0 radical (unpaired) electrons. The van der Waals surface area contributed by atoms with Crippen molar-refractivity contribution in [2.24, 2.45) is 0 Å². The van der Waals surface area contributed by atoms with Gasteiger partial charge < -0.3 is 0 Å². The SMILES string of the molecule is Clc1ccc(B(Br)Br)c(Cl)c1. The average Bonchev–Trinajstić information content (AvgIpc) is 1.85. The highest BCUT2D eigenvalue weighted by atomic mass is 79.9. The second kappa shape index (κ2) is 4.17. The summed E-state index contributed by atoms with van der Waals surface area (Å²) in [6.45, 7) is 0. The summed E-state index contributed by atoms with van der Waals surface area (Å²) in [5.74, 6) is 0. The third-order valence-electron chi connectivity index (χ3n) is 1.20. The van der Waals surface area contributed by atoms with Crippen LogP contribution in [0.3, 0.4) is 0 Å². The second-order valence-corrected chi connectivity index (χ2v) is 5.87. The molecule has 5 heteroatoms. The molecule has 0 bridgehead atoms. The molecule has 0 unspecified atom stereocenters. The molecule has 11 heavy (non-hydrogen) atoms. The van der Waals surface area contributed by atoms with E-state index in [9.17, 15) is 0 Å². The van der Waals surface area contributed by atoms with Gasteiger partial charge >= 0.3 is 4.36 Å². The van der Waals surface area contributed by atoms with Crippen LogP contribution in [0.1, 0.15) is 0 Å². The minimum absolute atomic E-state index is 0.0831. The first-order chi connectivity index (χ1) is 5.11. The zero-order chi connectivity index (χ0) is 8.43. The number of benzene rings is 1. The first-order valence-electron chi connectivity index (χ1n) is 2.84. The van der Waals surface area contributed by atoms with Crippen LogP contribution in [0.5, 0.6) is 0 Å². The molecular weight excluding hydrogens is 314 g/mol. The lowest BCUT2D eigenvalue weighted by Crippen LogP contribution is -2.17. The summed E-state index contributed by atoms with van der Waals surface area (Å²) in [5, 5.41) is 1.32. The van der Waals surface area contributed by atoms with Gasteiger partial charge in [-0.15, -0.1) is 31.5 Å². The quantitative estimate of drug-likeness (QED) is 0.696. The van der Waals surface area contributed by atoms with E-state index in [1.807, 2.05) is 6.07 Å². The normalized spacial score (nSPS) is 9.82. The average molecular weight is 317 g/mol. The molecule has 0 aliphatic rings. The van der Waals surface area contributed by atoms with E-state index in [1.54, 1.807) is 12.1 Å². The molecule has 1 aromatic carbocycles. The van der Waals surface area contributed by atoms with Crippen LogP contribution >= 0.6 is 54.7 Å². The smallest absolute Gasteiger partial charge is 0.132 e. The lowest BCUT2D eigenvalue weighted by Gasteiger charge is -2.01. The first-order valence-corrected chi connectivity index (χ1v) is 5.43. The molecule has 0 spiro atoms. The van der Waals surface area contributed by atoms with E-state index in [2.05, 4.69) is 31.5 Å². The predicted octanol–water partition coefficient (Wildman–Crippen LogP) is 3.48. The molecule has 0 aromatic heterocycles. The molecule has 0 amide bonds. The fourth-order valence-corrected chi connectivity index (χ4v) is 2.26. The van der Waals surface area contributed by atoms with Gasteiger partial charge in [-0.3, -0.25) is 0 Å². The van der Waals surface area contributed by atoms with Crippen molar-refractivity contribution in [1.29, 1.82) is 0 Å². The number of hydrogen-bond donors (Lipinski definition) is 0. The van der Waals surface area contributed by atoms with Gasteiger partial charge in [0.1, 0.15) is 0 Å². The molecule has 58 valence electrons. The van der Waals surface area contributed by atoms with Crippen LogP contribution in [-0.4, -0.2) is 4.36 Å². The van der Waals surface area contributed by atoms with Crippen molar-refractivity contribution in [3.05, 3.63) is 28.2 Å². The van der Waals surface area contributed by atoms with Gasteiger partial charge in [0.2, 0.25) is 0 Å². The van der Waals surface area contributed by atoms with Crippen molar-refractivity contribution < 1.29 is 0 Å². The largest absolute Gasteiger partial charge is 0.331 e. The maximum atomic E-state index is 5.88. The maximum Gasteiger partial charge on any atom is 0.331 e. The van der Waals surface area contributed by atoms with Gasteiger partial charge in [0.05, 0.1) is 0 Å². The molecule has 0 N–H and O–H groups in total. The highest BCUT2D eigenvalue weighted by molar-refractivity contribution is 9.49. The Morgan fingerprint density at radius 2 is 1.82 bits per heavy atom. The van der Waals surface area contributed by atoms with E-state index in [0.29, 0.717) is 10.0 Å². The van der Waals surface area contributed by atoms with Gasteiger partial charge in [0.25, 0.3) is 0 Å². The van der Waals surface area contributed by atoms with E-state index in [0.717, 1.165) is 5.46 Å². The summed E-state index contributed by atoms with van der Waals surface area (Å²) in [4.78, 5) is 0. The van der Waals surface area contributed by atoms with Gasteiger partial charge in [0.15, 0.2) is 0 Å². The summed E-state index contributed by atoms with van der Waals surface area (Å²) in [5.41, 5.74) is 0.982. The van der Waals surface area contributed by atoms with Crippen molar-refractivity contribution in [2.75, 3.05) is 0 Å². The summed E-state index contributed by atoms with van der Waals surface area (Å²) in [7, 11) is 0. The van der Waals surface area contributed by atoms with Gasteiger partial charge in [-0.25, -0.2) is 0 Å². The highest BCUT2D eigenvalue weighted by Crippen LogP contribution is 2.17. The van der Waals surface area contributed by atoms with Crippen molar-refractivity contribution in [3.63, 3.8) is 0 Å². The molecule has 0 heterocycles. The Morgan fingerprint density at radius 3 is 2.27 bits per heavy atom. The van der Waals surface area contributed by atoms with Gasteiger partial charge in [-0.1, -0.05) is 29.3 Å². The first kappa shape index (κ1) is 9.91. The molecular formula is C6H3BBr2Cl2. The van der Waals surface area contributed by atoms with E-state index < -0.39 is 0 Å². The Hall–Kier alpha value is 0.825. The zero-order valence-electron chi connectivity index (χ0n) is 5.32. The van der Waals surface area contributed by atoms with Gasteiger partial charge in [-0.2, -0.15) is 0 Å². The number of rotatable bonds is 1.